The van der Waals surface area contributed by atoms with Gasteiger partial charge >= 0.3 is 6.09 Å². The predicted octanol–water partition coefficient (Wildman–Crippen LogP) is 7.37. The van der Waals surface area contributed by atoms with Crippen molar-refractivity contribution in [3.05, 3.63) is 59.4 Å². The van der Waals surface area contributed by atoms with E-state index in [1.807, 2.05) is 42.5 Å². The number of H-pyrrole nitrogens is 2. The summed E-state index contributed by atoms with van der Waals surface area (Å²) < 4.78 is 4.80. The molecule has 2 aliphatic carbocycles. The molecule has 4 aromatic rings. The lowest BCUT2D eigenvalue weighted by molar-refractivity contribution is -0.135. The lowest BCUT2D eigenvalue weighted by Crippen LogP contribution is -2.51. The minimum Gasteiger partial charge on any atom is -0.453 e. The highest BCUT2D eigenvalue weighted by Crippen LogP contribution is 2.58. The van der Waals surface area contributed by atoms with Crippen LogP contribution in [0.3, 0.4) is 0 Å². The normalized spacial score (nSPS) is 24.1. The van der Waals surface area contributed by atoms with Gasteiger partial charge < -0.3 is 24.9 Å². The van der Waals surface area contributed by atoms with Crippen LogP contribution in [0.2, 0.25) is 0 Å². The first-order valence-electron chi connectivity index (χ1n) is 17.5. The van der Waals surface area contributed by atoms with Gasteiger partial charge in [0.2, 0.25) is 5.91 Å². The van der Waals surface area contributed by atoms with Gasteiger partial charge in [0.15, 0.2) is 0 Å². The summed E-state index contributed by atoms with van der Waals surface area (Å²) in [7, 11) is 3.50. The number of methoxy groups -OCH3 is 1. The van der Waals surface area contributed by atoms with Crippen LogP contribution in [0, 0.1) is 5.92 Å². The van der Waals surface area contributed by atoms with E-state index in [-0.39, 0.29) is 17.9 Å². The fourth-order valence-electron chi connectivity index (χ4n) is 8.82. The minimum absolute atomic E-state index is 0.0724. The van der Waals surface area contributed by atoms with Gasteiger partial charge in [-0.15, -0.1) is 11.3 Å². The second kappa shape index (κ2) is 12.5. The van der Waals surface area contributed by atoms with E-state index in [1.54, 1.807) is 0 Å². The van der Waals surface area contributed by atoms with E-state index < -0.39 is 12.1 Å². The van der Waals surface area contributed by atoms with E-state index in [2.05, 4.69) is 51.5 Å². The highest BCUT2D eigenvalue weighted by molar-refractivity contribution is 7.18. The van der Waals surface area contributed by atoms with Crippen molar-refractivity contribution in [2.24, 2.45) is 5.92 Å². The average molecular weight is 668 g/mol. The molecule has 2 bridgehead atoms. The number of imidazole rings is 2. The molecule has 0 spiro atoms. The van der Waals surface area contributed by atoms with Crippen LogP contribution in [-0.4, -0.2) is 75.0 Å². The molecule has 0 radical (unpaired) electrons. The highest BCUT2D eigenvalue weighted by atomic mass is 32.1. The Balaban J connectivity index is 1.07. The number of aromatic amines is 2. The first kappa shape index (κ1) is 31.3. The molecule has 11 heteroatoms. The summed E-state index contributed by atoms with van der Waals surface area (Å²) in [6, 6.07) is 8.69. The zero-order chi connectivity index (χ0) is 33.1. The van der Waals surface area contributed by atoms with Crippen LogP contribution in [0.5, 0.6) is 0 Å². The maximum atomic E-state index is 13.7. The van der Waals surface area contributed by atoms with E-state index in [9.17, 15) is 9.59 Å². The number of thiophene rings is 1. The quantitative estimate of drug-likeness (QED) is 0.181. The van der Waals surface area contributed by atoms with Crippen molar-refractivity contribution in [1.82, 2.24) is 35.1 Å². The summed E-state index contributed by atoms with van der Waals surface area (Å²) >= 11 is 1.85. The maximum Gasteiger partial charge on any atom is 0.407 e. The van der Waals surface area contributed by atoms with Gasteiger partial charge in [0.1, 0.15) is 17.7 Å². The molecular formula is C37H45N7O3S. The van der Waals surface area contributed by atoms with E-state index in [4.69, 9.17) is 14.7 Å². The Labute approximate surface area is 285 Å². The number of likely N-dealkylation sites (tertiary alicyclic amines) is 2. The molecule has 3 fully saturated rings. The molecule has 252 valence electrons. The van der Waals surface area contributed by atoms with Crippen molar-refractivity contribution in [1.29, 1.82) is 0 Å². The molecule has 1 saturated carbocycles. The Morgan fingerprint density at radius 1 is 0.875 bits per heavy atom. The fourth-order valence-corrected chi connectivity index (χ4v) is 9.83. The number of nitrogens with one attached hydrogen (secondary N) is 3. The summed E-state index contributed by atoms with van der Waals surface area (Å²) in [5.74, 6) is 2.86. The van der Waals surface area contributed by atoms with Crippen molar-refractivity contribution in [3.8, 4) is 32.3 Å². The molecule has 2 amide bonds. The minimum atomic E-state index is -0.652. The van der Waals surface area contributed by atoms with Crippen molar-refractivity contribution in [3.63, 3.8) is 0 Å². The molecule has 3 aromatic heterocycles. The van der Waals surface area contributed by atoms with Gasteiger partial charge in [-0.25, -0.2) is 14.8 Å². The number of carbonyl (C=O) groups is 2. The Hall–Kier alpha value is -3.96. The molecule has 5 atom stereocenters. The number of benzene rings is 1. The first-order valence-corrected chi connectivity index (χ1v) is 18.3. The number of hydrogen-bond donors (Lipinski definition) is 3. The number of rotatable bonds is 8. The highest BCUT2D eigenvalue weighted by Gasteiger charge is 2.42. The third-order valence-electron chi connectivity index (χ3n) is 11.2. The average Bonchev–Trinajstić information content (AvgIpc) is 3.94. The number of hydrogen-bond acceptors (Lipinski definition) is 7. The van der Waals surface area contributed by atoms with Gasteiger partial charge in [-0.2, -0.15) is 0 Å². The molecule has 4 aliphatic rings. The number of fused-ring (bicyclic) bond motifs is 5. The Bertz CT molecular complexity index is 1840. The number of nitrogens with zero attached hydrogens (tertiary/aromatic N) is 4. The molecule has 4 unspecified atom stereocenters. The Morgan fingerprint density at radius 3 is 2.25 bits per heavy atom. The summed E-state index contributed by atoms with van der Waals surface area (Å²) in [4.78, 5) is 49.4. The van der Waals surface area contributed by atoms with Crippen LogP contribution >= 0.6 is 11.3 Å². The van der Waals surface area contributed by atoms with Gasteiger partial charge in [-0.05, 0) is 105 Å². The van der Waals surface area contributed by atoms with E-state index in [1.165, 1.54) is 64.8 Å². The molecule has 48 heavy (non-hydrogen) atoms. The predicted molar refractivity (Wildman–Crippen MR) is 187 cm³/mol. The van der Waals surface area contributed by atoms with Gasteiger partial charge in [-0.1, -0.05) is 26.0 Å². The molecule has 3 N–H and O–H groups in total. The fraction of sp³-hybridized carbons (Fsp3) is 0.514. The second-order valence-electron chi connectivity index (χ2n) is 14.4. The zero-order valence-electron chi connectivity index (χ0n) is 28.2. The SMILES string of the molecule is COC(=O)NC(C(=O)N1CCCC1c1ncc(-c2ccc(-c3ccc(-c4cnc([C@@H]5CCCN5C)[nH]4)s3)c3c2C2CCC3C2)[nH]1)C(C)C. The first-order chi connectivity index (χ1) is 23.3. The van der Waals surface area contributed by atoms with Gasteiger partial charge in [0.05, 0.1) is 47.9 Å². The second-order valence-corrected chi connectivity index (χ2v) is 15.5. The topological polar surface area (TPSA) is 119 Å². The molecule has 1 aromatic carbocycles. The van der Waals surface area contributed by atoms with Crippen LogP contribution in [0.1, 0.15) is 105 Å². The maximum absolute atomic E-state index is 13.7. The van der Waals surface area contributed by atoms with Crippen LogP contribution in [-0.2, 0) is 9.53 Å². The molecule has 10 nitrogen and oxygen atoms in total. The summed E-state index contributed by atoms with van der Waals surface area (Å²) in [5.41, 5.74) is 7.69. The number of ether oxygens (including phenoxy) is 1. The summed E-state index contributed by atoms with van der Waals surface area (Å²) in [5, 5.41) is 2.74. The Morgan fingerprint density at radius 2 is 1.52 bits per heavy atom. The molecule has 5 heterocycles. The molecule has 2 aliphatic heterocycles. The summed E-state index contributed by atoms with van der Waals surface area (Å²) in [6.45, 7) is 5.64. The number of alkyl carbamates (subject to hydrolysis) is 1. The molecule has 8 rings (SSSR count). The molecule has 2 saturated heterocycles. The van der Waals surface area contributed by atoms with Gasteiger partial charge in [0.25, 0.3) is 0 Å². The van der Waals surface area contributed by atoms with Gasteiger partial charge in [0, 0.05) is 17.0 Å². The lowest BCUT2D eigenvalue weighted by Gasteiger charge is -2.30. The van der Waals surface area contributed by atoms with Crippen LogP contribution in [0.25, 0.3) is 32.3 Å². The standard InChI is InChI=1S/C37H45N7O3S/c1-20(2)33(42-37(46)47-4)36(45)44-16-6-8-28(44)35-38-18-25(40-35)23-11-12-24(32-22-10-9-21(17-22)31(23)32)29-13-14-30(48-29)26-19-39-34(41-26)27-7-5-15-43(27)3/h11-14,18-22,27-28,33H,5-10,15-17H2,1-4H3,(H,38,40)(H,39,41)(H,42,46)/t21?,22?,27-,28?,33?/m0/s1. The van der Waals surface area contributed by atoms with Crippen LogP contribution < -0.4 is 5.32 Å². The number of amides is 2. The van der Waals surface area contributed by atoms with Gasteiger partial charge in [-0.3, -0.25) is 9.69 Å². The monoisotopic (exact) mass is 667 g/mol. The van der Waals surface area contributed by atoms with E-state index in [0.29, 0.717) is 24.4 Å². The van der Waals surface area contributed by atoms with Crippen LogP contribution in [0.4, 0.5) is 4.79 Å². The smallest absolute Gasteiger partial charge is 0.407 e. The van der Waals surface area contributed by atoms with Crippen molar-refractivity contribution in [2.75, 3.05) is 27.2 Å². The van der Waals surface area contributed by atoms with Crippen molar-refractivity contribution >= 4 is 23.3 Å². The van der Waals surface area contributed by atoms with E-state index >= 15 is 0 Å². The largest absolute Gasteiger partial charge is 0.453 e. The third kappa shape index (κ3) is 5.35. The third-order valence-corrected chi connectivity index (χ3v) is 12.4. The lowest BCUT2D eigenvalue weighted by atomic mass is 9.84. The number of carbonyl (C=O) groups excluding carboxylic acids is 2. The molecular weight excluding hydrogens is 623 g/mol. The van der Waals surface area contributed by atoms with Crippen LogP contribution in [0.15, 0.2) is 36.7 Å². The number of aromatic nitrogens is 4. The zero-order valence-corrected chi connectivity index (χ0v) is 29.0. The summed E-state index contributed by atoms with van der Waals surface area (Å²) in [6.07, 6.45) is 11.1. The van der Waals surface area contributed by atoms with E-state index in [0.717, 1.165) is 48.8 Å². The Kier molecular flexibility index (Phi) is 8.15. The van der Waals surface area contributed by atoms with Crippen molar-refractivity contribution in [2.45, 2.75) is 88.8 Å². The van der Waals surface area contributed by atoms with Crippen molar-refractivity contribution < 1.29 is 14.3 Å².